The zero-order valence-corrected chi connectivity index (χ0v) is 8.74. The van der Waals surface area contributed by atoms with Crippen LogP contribution < -0.4 is 5.73 Å². The molecule has 0 aliphatic carbocycles. The molecule has 0 atom stereocenters. The van der Waals surface area contributed by atoms with Gasteiger partial charge in [-0.1, -0.05) is 27.5 Å². The van der Waals surface area contributed by atoms with E-state index in [1.807, 2.05) is 0 Å². The SMILES string of the molecule is CC(=O)c1c(N)cc(Br)cc1Cl. The van der Waals surface area contributed by atoms with E-state index in [9.17, 15) is 4.79 Å². The molecule has 1 rings (SSSR count). The molecule has 0 fully saturated rings. The van der Waals surface area contributed by atoms with Crippen molar-refractivity contribution in [3.05, 3.63) is 27.2 Å². The van der Waals surface area contributed by atoms with Gasteiger partial charge in [0.2, 0.25) is 0 Å². The van der Waals surface area contributed by atoms with Crippen molar-refractivity contribution in [1.29, 1.82) is 0 Å². The Hall–Kier alpha value is -0.540. The van der Waals surface area contributed by atoms with Crippen LogP contribution in [-0.2, 0) is 0 Å². The fourth-order valence-electron chi connectivity index (χ4n) is 0.965. The van der Waals surface area contributed by atoms with E-state index >= 15 is 0 Å². The summed E-state index contributed by atoms with van der Waals surface area (Å²) in [5.74, 6) is -0.120. The lowest BCUT2D eigenvalue weighted by Crippen LogP contribution is -2.00. The Morgan fingerprint density at radius 1 is 1.58 bits per heavy atom. The lowest BCUT2D eigenvalue weighted by molar-refractivity contribution is 0.101. The number of rotatable bonds is 1. The average Bonchev–Trinajstić information content (AvgIpc) is 1.82. The number of hydrogen-bond donors (Lipinski definition) is 1. The van der Waals surface area contributed by atoms with Crippen molar-refractivity contribution in [2.24, 2.45) is 0 Å². The number of hydrogen-bond acceptors (Lipinski definition) is 2. The smallest absolute Gasteiger partial charge is 0.163 e. The van der Waals surface area contributed by atoms with Gasteiger partial charge in [0.15, 0.2) is 5.78 Å². The van der Waals surface area contributed by atoms with E-state index in [0.29, 0.717) is 16.3 Å². The second kappa shape index (κ2) is 3.46. The third kappa shape index (κ3) is 1.79. The van der Waals surface area contributed by atoms with E-state index in [1.54, 1.807) is 12.1 Å². The number of carbonyl (C=O) groups excluding carboxylic acids is 1. The van der Waals surface area contributed by atoms with E-state index < -0.39 is 0 Å². The van der Waals surface area contributed by atoms with E-state index in [2.05, 4.69) is 15.9 Å². The van der Waals surface area contributed by atoms with Crippen LogP contribution in [0.1, 0.15) is 17.3 Å². The molecular formula is C8H7BrClNO. The summed E-state index contributed by atoms with van der Waals surface area (Å²) in [4.78, 5) is 11.0. The maximum absolute atomic E-state index is 11.0. The lowest BCUT2D eigenvalue weighted by Gasteiger charge is -2.04. The van der Waals surface area contributed by atoms with Crippen molar-refractivity contribution in [3.8, 4) is 0 Å². The van der Waals surface area contributed by atoms with Crippen LogP contribution in [0, 0.1) is 0 Å². The number of Topliss-reactive ketones (excluding diaryl/α,β-unsaturated/α-hetero) is 1. The van der Waals surface area contributed by atoms with Crippen LogP contribution in [0.2, 0.25) is 5.02 Å². The molecule has 1 aromatic rings. The Bertz CT molecular complexity index is 315. The van der Waals surface area contributed by atoms with Gasteiger partial charge in [0.05, 0.1) is 10.6 Å². The van der Waals surface area contributed by atoms with Gasteiger partial charge in [-0.25, -0.2) is 0 Å². The van der Waals surface area contributed by atoms with E-state index in [1.165, 1.54) is 6.92 Å². The Balaban J connectivity index is 3.38. The minimum absolute atomic E-state index is 0.120. The first-order chi connectivity index (χ1) is 5.52. The van der Waals surface area contributed by atoms with Crippen LogP contribution in [0.25, 0.3) is 0 Å². The maximum atomic E-state index is 11.0. The first-order valence-electron chi connectivity index (χ1n) is 3.28. The van der Waals surface area contributed by atoms with Crippen molar-refractivity contribution in [2.75, 3.05) is 5.73 Å². The predicted molar refractivity (Wildman–Crippen MR) is 53.6 cm³/mol. The molecule has 0 radical (unpaired) electrons. The van der Waals surface area contributed by atoms with E-state index in [0.717, 1.165) is 4.47 Å². The van der Waals surface area contributed by atoms with Gasteiger partial charge in [-0.3, -0.25) is 4.79 Å². The van der Waals surface area contributed by atoms with Gasteiger partial charge >= 0.3 is 0 Å². The Labute approximate surface area is 83.8 Å². The second-order valence-corrected chi connectivity index (χ2v) is 3.73. The maximum Gasteiger partial charge on any atom is 0.163 e. The summed E-state index contributed by atoms with van der Waals surface area (Å²) in [6.45, 7) is 1.44. The third-order valence-corrected chi connectivity index (χ3v) is 2.19. The second-order valence-electron chi connectivity index (χ2n) is 2.41. The van der Waals surface area contributed by atoms with Crippen LogP contribution in [-0.4, -0.2) is 5.78 Å². The van der Waals surface area contributed by atoms with Crippen molar-refractivity contribution >= 4 is 39.0 Å². The average molecular weight is 249 g/mol. The highest BCUT2D eigenvalue weighted by atomic mass is 79.9. The Morgan fingerprint density at radius 3 is 2.58 bits per heavy atom. The lowest BCUT2D eigenvalue weighted by atomic mass is 10.1. The Kier molecular flexibility index (Phi) is 2.75. The summed E-state index contributed by atoms with van der Waals surface area (Å²) in [5.41, 5.74) is 6.38. The van der Waals surface area contributed by atoms with Crippen LogP contribution in [0.4, 0.5) is 5.69 Å². The van der Waals surface area contributed by atoms with Crippen molar-refractivity contribution in [1.82, 2.24) is 0 Å². The van der Waals surface area contributed by atoms with Gasteiger partial charge in [0.25, 0.3) is 0 Å². The number of anilines is 1. The molecule has 1 aromatic carbocycles. The molecule has 64 valence electrons. The molecule has 12 heavy (non-hydrogen) atoms. The molecule has 0 bridgehead atoms. The zero-order chi connectivity index (χ0) is 9.30. The normalized spacial score (nSPS) is 9.92. The van der Waals surface area contributed by atoms with Crippen molar-refractivity contribution in [2.45, 2.75) is 6.92 Å². The van der Waals surface area contributed by atoms with Crippen LogP contribution in [0.15, 0.2) is 16.6 Å². The number of nitrogen functional groups attached to an aromatic ring is 1. The first-order valence-corrected chi connectivity index (χ1v) is 4.45. The fourth-order valence-corrected chi connectivity index (χ4v) is 1.93. The quantitative estimate of drug-likeness (QED) is 0.613. The highest BCUT2D eigenvalue weighted by molar-refractivity contribution is 9.10. The van der Waals surface area contributed by atoms with Gasteiger partial charge in [-0.05, 0) is 19.1 Å². The summed E-state index contributed by atoms with van der Waals surface area (Å²) in [6, 6.07) is 3.30. The standard InChI is InChI=1S/C8H7BrClNO/c1-4(12)8-6(10)2-5(9)3-7(8)11/h2-3H,11H2,1H3. The van der Waals surface area contributed by atoms with Gasteiger partial charge in [-0.15, -0.1) is 0 Å². The van der Waals surface area contributed by atoms with Crippen molar-refractivity contribution in [3.63, 3.8) is 0 Å². The molecule has 0 heterocycles. The molecule has 0 saturated carbocycles. The first kappa shape index (κ1) is 9.55. The monoisotopic (exact) mass is 247 g/mol. The summed E-state index contributed by atoms with van der Waals surface area (Å²) >= 11 is 9.02. The number of ketones is 1. The molecule has 2 N–H and O–H groups in total. The van der Waals surface area contributed by atoms with E-state index in [-0.39, 0.29) is 5.78 Å². The number of halogens is 2. The topological polar surface area (TPSA) is 43.1 Å². The molecule has 2 nitrogen and oxygen atoms in total. The summed E-state index contributed by atoms with van der Waals surface area (Å²) in [5, 5.41) is 0.384. The van der Waals surface area contributed by atoms with Gasteiger partial charge in [0, 0.05) is 10.2 Å². The number of nitrogens with two attached hydrogens (primary N) is 1. The largest absolute Gasteiger partial charge is 0.398 e. The molecule has 0 aliphatic rings. The number of benzene rings is 1. The minimum atomic E-state index is -0.120. The molecular weight excluding hydrogens is 241 g/mol. The summed E-state index contributed by atoms with van der Waals surface area (Å²) in [6.07, 6.45) is 0. The summed E-state index contributed by atoms with van der Waals surface area (Å²) < 4.78 is 0.773. The zero-order valence-electron chi connectivity index (χ0n) is 6.40. The fraction of sp³-hybridized carbons (Fsp3) is 0.125. The third-order valence-electron chi connectivity index (χ3n) is 1.44. The molecule has 0 spiro atoms. The van der Waals surface area contributed by atoms with Crippen LogP contribution >= 0.6 is 27.5 Å². The summed E-state index contributed by atoms with van der Waals surface area (Å²) in [7, 11) is 0. The molecule has 0 unspecified atom stereocenters. The molecule has 4 heteroatoms. The van der Waals surface area contributed by atoms with Crippen molar-refractivity contribution < 1.29 is 4.79 Å². The van der Waals surface area contributed by atoms with Crippen LogP contribution in [0.5, 0.6) is 0 Å². The minimum Gasteiger partial charge on any atom is -0.398 e. The highest BCUT2D eigenvalue weighted by Gasteiger charge is 2.10. The number of carbonyl (C=O) groups is 1. The van der Waals surface area contributed by atoms with Gasteiger partial charge in [-0.2, -0.15) is 0 Å². The highest BCUT2D eigenvalue weighted by Crippen LogP contribution is 2.27. The van der Waals surface area contributed by atoms with Gasteiger partial charge in [0.1, 0.15) is 0 Å². The van der Waals surface area contributed by atoms with Gasteiger partial charge < -0.3 is 5.73 Å². The predicted octanol–water partition coefficient (Wildman–Crippen LogP) is 2.89. The molecule has 0 aliphatic heterocycles. The van der Waals surface area contributed by atoms with Crippen LogP contribution in [0.3, 0.4) is 0 Å². The molecule has 0 amide bonds. The molecule has 0 aromatic heterocycles. The molecule has 0 saturated heterocycles. The van der Waals surface area contributed by atoms with E-state index in [4.69, 9.17) is 17.3 Å². The Morgan fingerprint density at radius 2 is 2.17 bits per heavy atom.